The smallest absolute Gasteiger partial charge is 0.165 e. The predicted molar refractivity (Wildman–Crippen MR) is 71.6 cm³/mol. The number of halogens is 1. The Morgan fingerprint density at radius 3 is 2.63 bits per heavy atom. The monoisotopic (exact) mass is 271 g/mol. The summed E-state index contributed by atoms with van der Waals surface area (Å²) in [6.45, 7) is 4.30. The zero-order chi connectivity index (χ0) is 14.3. The minimum Gasteiger partial charge on any atom is -0.488 e. The lowest BCUT2D eigenvalue weighted by molar-refractivity contribution is 0.0972. The summed E-state index contributed by atoms with van der Waals surface area (Å²) in [6, 6.07) is 6.18. The van der Waals surface area contributed by atoms with Crippen LogP contribution >= 0.6 is 0 Å². The molecule has 0 saturated carbocycles. The SMILES string of the molecule is CC(CO)C(C)NCC(O)COc1ccccc1F. The molecule has 0 saturated heterocycles. The van der Waals surface area contributed by atoms with Gasteiger partial charge in [0.05, 0.1) is 0 Å². The van der Waals surface area contributed by atoms with Crippen molar-refractivity contribution < 1.29 is 19.3 Å². The molecule has 0 amide bonds. The Balaban J connectivity index is 2.28. The number of hydrogen-bond donors (Lipinski definition) is 3. The first kappa shape index (κ1) is 15.9. The molecule has 0 fully saturated rings. The number of benzene rings is 1. The van der Waals surface area contributed by atoms with Gasteiger partial charge in [0.1, 0.15) is 12.7 Å². The van der Waals surface area contributed by atoms with Gasteiger partial charge in [-0.2, -0.15) is 0 Å². The van der Waals surface area contributed by atoms with Gasteiger partial charge in [-0.25, -0.2) is 4.39 Å². The minimum absolute atomic E-state index is 0.0220. The third-order valence-corrected chi connectivity index (χ3v) is 3.08. The number of ether oxygens (including phenoxy) is 1. The van der Waals surface area contributed by atoms with Gasteiger partial charge in [0.15, 0.2) is 11.6 Å². The van der Waals surface area contributed by atoms with Crippen molar-refractivity contribution >= 4 is 0 Å². The number of hydrogen-bond acceptors (Lipinski definition) is 4. The molecule has 1 rings (SSSR count). The molecule has 0 aliphatic rings. The van der Waals surface area contributed by atoms with Crippen molar-refractivity contribution in [1.29, 1.82) is 0 Å². The second-order valence-electron chi connectivity index (χ2n) is 4.75. The van der Waals surface area contributed by atoms with E-state index in [-0.39, 0.29) is 30.9 Å². The van der Waals surface area contributed by atoms with E-state index in [4.69, 9.17) is 9.84 Å². The van der Waals surface area contributed by atoms with Gasteiger partial charge in [-0.15, -0.1) is 0 Å². The molecule has 5 heteroatoms. The fourth-order valence-corrected chi connectivity index (χ4v) is 1.49. The fraction of sp³-hybridized carbons (Fsp3) is 0.571. The van der Waals surface area contributed by atoms with Gasteiger partial charge in [-0.1, -0.05) is 19.1 Å². The highest BCUT2D eigenvalue weighted by Crippen LogP contribution is 2.15. The van der Waals surface area contributed by atoms with Crippen LogP contribution in [0, 0.1) is 11.7 Å². The molecule has 3 N–H and O–H groups in total. The van der Waals surface area contributed by atoms with Crippen molar-refractivity contribution in [2.45, 2.75) is 26.0 Å². The van der Waals surface area contributed by atoms with E-state index >= 15 is 0 Å². The Morgan fingerprint density at radius 2 is 2.00 bits per heavy atom. The summed E-state index contributed by atoms with van der Waals surface area (Å²) < 4.78 is 18.5. The summed E-state index contributed by atoms with van der Waals surface area (Å²) >= 11 is 0. The molecule has 0 aromatic heterocycles. The van der Waals surface area contributed by atoms with E-state index < -0.39 is 11.9 Å². The molecule has 4 nitrogen and oxygen atoms in total. The van der Waals surface area contributed by atoms with Crippen LogP contribution in [0.15, 0.2) is 24.3 Å². The third kappa shape index (κ3) is 5.55. The lowest BCUT2D eigenvalue weighted by atomic mass is 10.1. The van der Waals surface area contributed by atoms with Crippen LogP contribution in [0.2, 0.25) is 0 Å². The normalized spacial score (nSPS) is 15.8. The average molecular weight is 271 g/mol. The summed E-state index contributed by atoms with van der Waals surface area (Å²) in [6.07, 6.45) is -0.729. The second kappa shape index (κ2) is 8.09. The van der Waals surface area contributed by atoms with E-state index in [1.807, 2.05) is 13.8 Å². The third-order valence-electron chi connectivity index (χ3n) is 3.08. The van der Waals surface area contributed by atoms with Crippen molar-refractivity contribution in [2.75, 3.05) is 19.8 Å². The van der Waals surface area contributed by atoms with E-state index in [0.717, 1.165) is 0 Å². The maximum absolute atomic E-state index is 13.3. The van der Waals surface area contributed by atoms with Gasteiger partial charge in [0.2, 0.25) is 0 Å². The van der Waals surface area contributed by atoms with Crippen LogP contribution in [0.3, 0.4) is 0 Å². The van der Waals surface area contributed by atoms with Crippen LogP contribution in [-0.4, -0.2) is 42.1 Å². The number of aliphatic hydroxyl groups excluding tert-OH is 2. The molecule has 108 valence electrons. The molecule has 0 radical (unpaired) electrons. The van der Waals surface area contributed by atoms with E-state index in [9.17, 15) is 9.50 Å². The minimum atomic E-state index is -0.729. The molecule has 1 aromatic rings. The van der Waals surface area contributed by atoms with E-state index in [1.54, 1.807) is 12.1 Å². The van der Waals surface area contributed by atoms with Gasteiger partial charge < -0.3 is 20.3 Å². The van der Waals surface area contributed by atoms with E-state index in [2.05, 4.69) is 5.32 Å². The van der Waals surface area contributed by atoms with Crippen LogP contribution in [0.25, 0.3) is 0 Å². The first-order valence-electron chi connectivity index (χ1n) is 6.44. The van der Waals surface area contributed by atoms with Crippen LogP contribution in [0.5, 0.6) is 5.75 Å². The van der Waals surface area contributed by atoms with Crippen molar-refractivity contribution in [3.05, 3.63) is 30.1 Å². The van der Waals surface area contributed by atoms with Crippen LogP contribution in [0.1, 0.15) is 13.8 Å². The first-order valence-corrected chi connectivity index (χ1v) is 6.44. The van der Waals surface area contributed by atoms with Gasteiger partial charge in [-0.05, 0) is 25.0 Å². The van der Waals surface area contributed by atoms with Crippen molar-refractivity contribution in [2.24, 2.45) is 5.92 Å². The number of aliphatic hydroxyl groups is 2. The Kier molecular flexibility index (Phi) is 6.77. The Labute approximate surface area is 113 Å². The van der Waals surface area contributed by atoms with Crippen LogP contribution < -0.4 is 10.1 Å². The maximum atomic E-state index is 13.3. The summed E-state index contributed by atoms with van der Waals surface area (Å²) in [5.74, 6) is -0.192. The van der Waals surface area contributed by atoms with Crippen LogP contribution in [0.4, 0.5) is 4.39 Å². The number of para-hydroxylation sites is 1. The summed E-state index contributed by atoms with van der Waals surface area (Å²) in [7, 11) is 0. The van der Waals surface area contributed by atoms with E-state index in [0.29, 0.717) is 6.54 Å². The van der Waals surface area contributed by atoms with Crippen molar-refractivity contribution in [1.82, 2.24) is 5.32 Å². The molecule has 0 aliphatic carbocycles. The van der Waals surface area contributed by atoms with Crippen molar-refractivity contribution in [3.63, 3.8) is 0 Å². The van der Waals surface area contributed by atoms with Crippen molar-refractivity contribution in [3.8, 4) is 5.75 Å². The van der Waals surface area contributed by atoms with Gasteiger partial charge >= 0.3 is 0 Å². The van der Waals surface area contributed by atoms with Gasteiger partial charge in [0.25, 0.3) is 0 Å². The lowest BCUT2D eigenvalue weighted by Crippen LogP contribution is -2.40. The van der Waals surface area contributed by atoms with E-state index in [1.165, 1.54) is 12.1 Å². The van der Waals surface area contributed by atoms with Crippen LogP contribution in [-0.2, 0) is 0 Å². The molecule has 0 aliphatic heterocycles. The molecule has 1 aromatic carbocycles. The highest BCUT2D eigenvalue weighted by atomic mass is 19.1. The summed E-state index contributed by atoms with van der Waals surface area (Å²) in [5, 5.41) is 21.8. The predicted octanol–water partition coefficient (Wildman–Crippen LogP) is 1.17. The molecular formula is C14H22FNO3. The topological polar surface area (TPSA) is 61.7 Å². The largest absolute Gasteiger partial charge is 0.488 e. The van der Waals surface area contributed by atoms with Gasteiger partial charge in [-0.3, -0.25) is 0 Å². The zero-order valence-electron chi connectivity index (χ0n) is 11.3. The highest BCUT2D eigenvalue weighted by Gasteiger charge is 2.13. The van der Waals surface area contributed by atoms with Gasteiger partial charge in [0, 0.05) is 19.2 Å². The second-order valence-corrected chi connectivity index (χ2v) is 4.75. The maximum Gasteiger partial charge on any atom is 0.165 e. The average Bonchev–Trinajstić information content (AvgIpc) is 2.42. The number of rotatable bonds is 8. The molecule has 0 bridgehead atoms. The number of nitrogens with one attached hydrogen (secondary N) is 1. The Bertz CT molecular complexity index is 375. The molecule has 0 heterocycles. The molecule has 0 spiro atoms. The first-order chi connectivity index (χ1) is 9.04. The Morgan fingerprint density at radius 1 is 1.32 bits per heavy atom. The molecule has 3 unspecified atom stereocenters. The molecule has 3 atom stereocenters. The highest BCUT2D eigenvalue weighted by molar-refractivity contribution is 5.23. The Hall–Kier alpha value is -1.17. The zero-order valence-corrected chi connectivity index (χ0v) is 11.3. The molecule has 19 heavy (non-hydrogen) atoms. The quantitative estimate of drug-likeness (QED) is 0.664. The summed E-state index contributed by atoms with van der Waals surface area (Å²) in [5.41, 5.74) is 0. The fourth-order valence-electron chi connectivity index (χ4n) is 1.49. The molecular weight excluding hydrogens is 249 g/mol. The lowest BCUT2D eigenvalue weighted by Gasteiger charge is -2.21. The standard InChI is InChI=1S/C14H22FNO3/c1-10(8-17)11(2)16-7-12(18)9-19-14-6-4-3-5-13(14)15/h3-6,10-12,16-18H,7-9H2,1-2H3. The summed E-state index contributed by atoms with van der Waals surface area (Å²) in [4.78, 5) is 0.